The predicted octanol–water partition coefficient (Wildman–Crippen LogP) is 9.16. The van der Waals surface area contributed by atoms with Crippen LogP contribution in [0.25, 0.3) is 0 Å². The standard InChI is InChI=1S/C16H17Cl2NO.C13H9Cl3.C3H9NO.CH4/c1-19(10-11-20)16(12-2-6-14(17)7-3-12)13-4-8-15(18)9-5-13;14-11-5-1-9(2-6-11)13(16)10-3-7-12(15)8-4-10;1-4-2-3-5;/h2-9,16,20H,10-11H2,1H3;1-8,13H;4-5H,2-3H2,1H3;1H4. The highest BCUT2D eigenvalue weighted by Gasteiger charge is 2.19. The van der Waals surface area contributed by atoms with E-state index in [1.807, 2.05) is 104 Å². The van der Waals surface area contributed by atoms with Gasteiger partial charge in [0.05, 0.1) is 24.6 Å². The second kappa shape index (κ2) is 21.0. The van der Waals surface area contributed by atoms with Crippen LogP contribution in [0.4, 0.5) is 0 Å². The van der Waals surface area contributed by atoms with Gasteiger partial charge in [0, 0.05) is 33.2 Å². The van der Waals surface area contributed by atoms with E-state index >= 15 is 0 Å². The van der Waals surface area contributed by atoms with Gasteiger partial charge in [0.25, 0.3) is 0 Å². The van der Waals surface area contributed by atoms with Gasteiger partial charge < -0.3 is 15.5 Å². The van der Waals surface area contributed by atoms with Crippen LogP contribution >= 0.6 is 58.0 Å². The Bertz CT molecular complexity index is 1160. The largest absolute Gasteiger partial charge is 0.395 e. The van der Waals surface area contributed by atoms with Crippen molar-refractivity contribution in [2.24, 2.45) is 0 Å². The second-order valence-electron chi connectivity index (χ2n) is 9.00. The molecule has 4 aromatic rings. The third-order valence-corrected chi connectivity index (χ3v) is 7.46. The molecule has 4 nitrogen and oxygen atoms in total. The summed E-state index contributed by atoms with van der Waals surface area (Å²) >= 11 is 29.9. The van der Waals surface area contributed by atoms with Gasteiger partial charge >= 0.3 is 0 Å². The van der Waals surface area contributed by atoms with E-state index in [0.29, 0.717) is 33.2 Å². The van der Waals surface area contributed by atoms with E-state index < -0.39 is 0 Å². The molecule has 0 saturated heterocycles. The minimum Gasteiger partial charge on any atom is -0.395 e. The molecule has 42 heavy (non-hydrogen) atoms. The zero-order chi connectivity index (χ0) is 30.2. The highest BCUT2D eigenvalue weighted by atomic mass is 35.5. The van der Waals surface area contributed by atoms with Crippen LogP contribution in [0, 0.1) is 0 Å². The number of benzene rings is 4. The monoisotopic (exact) mass is 670 g/mol. The first-order valence-corrected chi connectivity index (χ1v) is 14.9. The molecule has 0 radical (unpaired) electrons. The van der Waals surface area contributed by atoms with E-state index in [2.05, 4.69) is 10.2 Å². The Morgan fingerprint density at radius 1 is 0.595 bits per heavy atom. The van der Waals surface area contributed by atoms with E-state index in [4.69, 9.17) is 63.1 Å². The molecule has 0 aliphatic heterocycles. The van der Waals surface area contributed by atoms with Crippen molar-refractivity contribution in [2.75, 3.05) is 40.4 Å². The molecule has 0 spiro atoms. The molecule has 3 N–H and O–H groups in total. The molecule has 0 saturated carbocycles. The van der Waals surface area contributed by atoms with Gasteiger partial charge in [-0.25, -0.2) is 0 Å². The maximum atomic E-state index is 9.18. The Morgan fingerprint density at radius 3 is 1.14 bits per heavy atom. The summed E-state index contributed by atoms with van der Waals surface area (Å²) < 4.78 is 0. The number of aliphatic hydroxyl groups excluding tert-OH is 2. The Hall–Kier alpha value is -1.83. The maximum absolute atomic E-state index is 9.18. The molecule has 9 heteroatoms. The Morgan fingerprint density at radius 2 is 0.905 bits per heavy atom. The summed E-state index contributed by atoms with van der Waals surface area (Å²) in [6.45, 7) is 1.64. The first-order valence-electron chi connectivity index (χ1n) is 12.9. The first-order chi connectivity index (χ1) is 19.7. The lowest BCUT2D eigenvalue weighted by molar-refractivity contribution is 0.197. The molecule has 0 atom stereocenters. The normalized spacial score (nSPS) is 10.5. The molecular weight excluding hydrogens is 634 g/mol. The lowest BCUT2D eigenvalue weighted by Crippen LogP contribution is -2.28. The number of hydrogen-bond acceptors (Lipinski definition) is 4. The SMILES string of the molecule is C.CN(CCO)C(c1ccc(Cl)cc1)c1ccc(Cl)cc1.CNCCO.Clc1ccc(C(Cl)c2ccc(Cl)cc2)cc1. The lowest BCUT2D eigenvalue weighted by Gasteiger charge is -2.28. The molecule has 0 bridgehead atoms. The van der Waals surface area contributed by atoms with Crippen molar-refractivity contribution >= 4 is 58.0 Å². The van der Waals surface area contributed by atoms with Crippen molar-refractivity contribution in [1.82, 2.24) is 10.2 Å². The van der Waals surface area contributed by atoms with Gasteiger partial charge in [-0.15, -0.1) is 11.6 Å². The molecule has 0 amide bonds. The van der Waals surface area contributed by atoms with E-state index in [1.165, 1.54) is 0 Å². The number of aliphatic hydroxyl groups is 2. The Balaban J connectivity index is 0.000000360. The van der Waals surface area contributed by atoms with Gasteiger partial charge in [0.1, 0.15) is 0 Å². The van der Waals surface area contributed by atoms with E-state index in [-0.39, 0.29) is 32.1 Å². The summed E-state index contributed by atoms with van der Waals surface area (Å²) in [5.41, 5.74) is 4.31. The number of hydrogen-bond donors (Lipinski definition) is 3. The molecular formula is C33H39Cl5N2O2. The van der Waals surface area contributed by atoms with Gasteiger partial charge in [-0.2, -0.15) is 0 Å². The van der Waals surface area contributed by atoms with Crippen molar-refractivity contribution in [2.45, 2.75) is 18.8 Å². The van der Waals surface area contributed by atoms with Crippen LogP contribution < -0.4 is 5.32 Å². The van der Waals surface area contributed by atoms with Crippen molar-refractivity contribution in [3.63, 3.8) is 0 Å². The zero-order valence-corrected chi connectivity index (χ0v) is 26.7. The quantitative estimate of drug-likeness (QED) is 0.155. The third kappa shape index (κ3) is 13.2. The average Bonchev–Trinajstić information content (AvgIpc) is 2.97. The van der Waals surface area contributed by atoms with Crippen LogP contribution in [0.15, 0.2) is 97.1 Å². The van der Waals surface area contributed by atoms with Crippen molar-refractivity contribution < 1.29 is 10.2 Å². The van der Waals surface area contributed by atoms with Crippen LogP contribution in [0.5, 0.6) is 0 Å². The maximum Gasteiger partial charge on any atom is 0.0835 e. The summed E-state index contributed by atoms with van der Waals surface area (Å²) in [5, 5.41) is 22.6. The fraction of sp³-hybridized carbons (Fsp3) is 0.273. The molecule has 4 aromatic carbocycles. The minimum absolute atomic E-state index is 0. The van der Waals surface area contributed by atoms with Crippen LogP contribution in [-0.2, 0) is 0 Å². The predicted molar refractivity (Wildman–Crippen MR) is 183 cm³/mol. The number of likely N-dealkylation sites (N-methyl/N-ethyl adjacent to an activating group) is 2. The third-order valence-electron chi connectivity index (χ3n) is 5.95. The Kier molecular flexibility index (Phi) is 19.1. The molecule has 0 aromatic heterocycles. The van der Waals surface area contributed by atoms with Crippen LogP contribution in [0.3, 0.4) is 0 Å². The molecule has 0 heterocycles. The molecule has 0 aliphatic carbocycles. The molecule has 228 valence electrons. The summed E-state index contributed by atoms with van der Waals surface area (Å²) in [5.74, 6) is 0. The molecule has 0 aliphatic rings. The zero-order valence-electron chi connectivity index (χ0n) is 23.0. The van der Waals surface area contributed by atoms with Gasteiger partial charge in [0.2, 0.25) is 0 Å². The Labute approximate surface area is 275 Å². The average molecular weight is 673 g/mol. The van der Waals surface area contributed by atoms with Crippen molar-refractivity contribution in [1.29, 1.82) is 0 Å². The van der Waals surface area contributed by atoms with Crippen molar-refractivity contribution in [3.05, 3.63) is 139 Å². The van der Waals surface area contributed by atoms with Gasteiger partial charge in [0.15, 0.2) is 0 Å². The first kappa shape index (κ1) is 38.2. The number of halogens is 5. The van der Waals surface area contributed by atoms with E-state index in [9.17, 15) is 5.11 Å². The molecule has 4 rings (SSSR count). The van der Waals surface area contributed by atoms with Crippen LogP contribution in [-0.4, -0.2) is 55.5 Å². The van der Waals surface area contributed by atoms with Gasteiger partial charge in [-0.1, -0.05) is 102 Å². The van der Waals surface area contributed by atoms with E-state index in [1.54, 1.807) is 7.05 Å². The van der Waals surface area contributed by atoms with Crippen molar-refractivity contribution in [3.8, 4) is 0 Å². The lowest BCUT2D eigenvalue weighted by atomic mass is 9.97. The highest BCUT2D eigenvalue weighted by Crippen LogP contribution is 2.31. The summed E-state index contributed by atoms with van der Waals surface area (Å²) in [6, 6.07) is 30.7. The number of nitrogens with one attached hydrogen (secondary N) is 1. The smallest absolute Gasteiger partial charge is 0.0835 e. The summed E-state index contributed by atoms with van der Waals surface area (Å²) in [6.07, 6.45) is 0. The van der Waals surface area contributed by atoms with Gasteiger partial charge in [-0.3, -0.25) is 4.90 Å². The molecule has 0 unspecified atom stereocenters. The summed E-state index contributed by atoms with van der Waals surface area (Å²) in [7, 11) is 3.79. The fourth-order valence-electron chi connectivity index (χ4n) is 3.85. The fourth-order valence-corrected chi connectivity index (χ4v) is 4.64. The topological polar surface area (TPSA) is 55.7 Å². The molecule has 0 fully saturated rings. The van der Waals surface area contributed by atoms with Crippen LogP contribution in [0.2, 0.25) is 20.1 Å². The number of alkyl halides is 1. The van der Waals surface area contributed by atoms with E-state index in [0.717, 1.165) is 22.3 Å². The summed E-state index contributed by atoms with van der Waals surface area (Å²) in [4.78, 5) is 2.10. The number of rotatable bonds is 9. The van der Waals surface area contributed by atoms with Crippen LogP contribution in [0.1, 0.15) is 41.1 Å². The number of nitrogens with zero attached hydrogens (tertiary/aromatic N) is 1. The van der Waals surface area contributed by atoms with Gasteiger partial charge in [-0.05, 0) is 84.9 Å². The second-order valence-corrected chi connectivity index (χ2v) is 11.2. The minimum atomic E-state index is -0.172. The highest BCUT2D eigenvalue weighted by molar-refractivity contribution is 6.31.